The molecule has 0 fully saturated rings. The van der Waals surface area contributed by atoms with Gasteiger partial charge in [-0.05, 0) is 30.3 Å². The monoisotopic (exact) mass is 364 g/mol. The summed E-state index contributed by atoms with van der Waals surface area (Å²) < 4.78 is 0. The molecule has 0 saturated heterocycles. The van der Waals surface area contributed by atoms with Gasteiger partial charge in [0.1, 0.15) is 11.4 Å². The zero-order chi connectivity index (χ0) is 18.8. The zero-order valence-corrected chi connectivity index (χ0v) is 14.9. The van der Waals surface area contributed by atoms with Gasteiger partial charge in [-0.3, -0.25) is 9.97 Å². The van der Waals surface area contributed by atoms with E-state index in [2.05, 4.69) is 36.0 Å². The molecule has 2 N–H and O–H groups in total. The molecular formula is C22H16N6. The third kappa shape index (κ3) is 3.07. The SMILES string of the molecule is c1ccc(-c2nc(-c3cccc(-c4c[nH]c(-c5ccccn5)n4)c3)c[nH]2)nc1. The second-order valence-electron chi connectivity index (χ2n) is 6.28. The number of hydrogen-bond acceptors (Lipinski definition) is 4. The van der Waals surface area contributed by atoms with Crippen LogP contribution in [0.3, 0.4) is 0 Å². The van der Waals surface area contributed by atoms with E-state index < -0.39 is 0 Å². The maximum absolute atomic E-state index is 4.68. The van der Waals surface area contributed by atoms with Gasteiger partial charge in [0.15, 0.2) is 11.6 Å². The molecule has 0 spiro atoms. The minimum atomic E-state index is 0.748. The van der Waals surface area contributed by atoms with Crippen LogP contribution in [0.1, 0.15) is 0 Å². The number of benzene rings is 1. The van der Waals surface area contributed by atoms with E-state index in [0.29, 0.717) is 0 Å². The molecule has 0 aliphatic rings. The fraction of sp³-hybridized carbons (Fsp3) is 0. The van der Waals surface area contributed by atoms with Gasteiger partial charge in [0.25, 0.3) is 0 Å². The van der Waals surface area contributed by atoms with E-state index in [1.165, 1.54) is 0 Å². The van der Waals surface area contributed by atoms with Crippen molar-refractivity contribution in [3.8, 4) is 45.6 Å². The Bertz CT molecular complexity index is 1120. The highest BCUT2D eigenvalue weighted by Gasteiger charge is 2.10. The molecule has 6 nitrogen and oxygen atoms in total. The van der Waals surface area contributed by atoms with Gasteiger partial charge >= 0.3 is 0 Å². The summed E-state index contributed by atoms with van der Waals surface area (Å²) in [7, 11) is 0. The molecular weight excluding hydrogens is 348 g/mol. The highest BCUT2D eigenvalue weighted by Crippen LogP contribution is 2.27. The second kappa shape index (κ2) is 6.92. The van der Waals surface area contributed by atoms with Crippen LogP contribution in [0.15, 0.2) is 85.5 Å². The van der Waals surface area contributed by atoms with Crippen LogP contribution in [-0.4, -0.2) is 29.9 Å². The molecule has 0 unspecified atom stereocenters. The van der Waals surface area contributed by atoms with Crippen molar-refractivity contribution < 1.29 is 0 Å². The summed E-state index contributed by atoms with van der Waals surface area (Å²) in [6.45, 7) is 0. The number of hydrogen-bond donors (Lipinski definition) is 2. The topological polar surface area (TPSA) is 83.1 Å². The Balaban J connectivity index is 1.46. The second-order valence-corrected chi connectivity index (χ2v) is 6.28. The molecule has 0 atom stereocenters. The van der Waals surface area contributed by atoms with Crippen molar-refractivity contribution in [3.63, 3.8) is 0 Å². The smallest absolute Gasteiger partial charge is 0.156 e. The first kappa shape index (κ1) is 16.1. The lowest BCUT2D eigenvalue weighted by Crippen LogP contribution is -1.85. The molecule has 0 saturated carbocycles. The molecule has 134 valence electrons. The van der Waals surface area contributed by atoms with E-state index >= 15 is 0 Å². The quantitative estimate of drug-likeness (QED) is 0.488. The lowest BCUT2D eigenvalue weighted by molar-refractivity contribution is 1.22. The lowest BCUT2D eigenvalue weighted by Gasteiger charge is -2.01. The summed E-state index contributed by atoms with van der Waals surface area (Å²) in [5.41, 5.74) is 5.39. The number of nitrogens with zero attached hydrogens (tertiary/aromatic N) is 4. The van der Waals surface area contributed by atoms with Crippen molar-refractivity contribution in [2.24, 2.45) is 0 Å². The van der Waals surface area contributed by atoms with Crippen molar-refractivity contribution in [3.05, 3.63) is 85.5 Å². The zero-order valence-electron chi connectivity index (χ0n) is 14.9. The van der Waals surface area contributed by atoms with Crippen molar-refractivity contribution >= 4 is 0 Å². The molecule has 0 bridgehead atoms. The summed E-state index contributed by atoms with van der Waals surface area (Å²) >= 11 is 0. The lowest BCUT2D eigenvalue weighted by atomic mass is 10.1. The van der Waals surface area contributed by atoms with Crippen molar-refractivity contribution in [1.82, 2.24) is 29.9 Å². The molecule has 1 aromatic carbocycles. The predicted octanol–water partition coefficient (Wildman–Crippen LogP) is 4.59. The Morgan fingerprint density at radius 2 is 1.07 bits per heavy atom. The summed E-state index contributed by atoms with van der Waals surface area (Å²) in [5, 5.41) is 0. The Morgan fingerprint density at radius 3 is 1.54 bits per heavy atom. The Labute approximate surface area is 161 Å². The van der Waals surface area contributed by atoms with E-state index in [4.69, 9.17) is 0 Å². The third-order valence-corrected chi connectivity index (χ3v) is 4.42. The minimum Gasteiger partial charge on any atom is -0.343 e. The maximum Gasteiger partial charge on any atom is 0.156 e. The molecule has 0 aliphatic carbocycles. The van der Waals surface area contributed by atoms with Crippen LogP contribution in [0.25, 0.3) is 45.6 Å². The van der Waals surface area contributed by atoms with Crippen molar-refractivity contribution in [1.29, 1.82) is 0 Å². The van der Waals surface area contributed by atoms with E-state index in [1.54, 1.807) is 12.4 Å². The molecule has 0 amide bonds. The average Bonchev–Trinajstić information content (AvgIpc) is 3.46. The molecule has 6 heteroatoms. The predicted molar refractivity (Wildman–Crippen MR) is 108 cm³/mol. The van der Waals surface area contributed by atoms with Crippen LogP contribution < -0.4 is 0 Å². The van der Waals surface area contributed by atoms with Crippen molar-refractivity contribution in [2.75, 3.05) is 0 Å². The number of aromatic nitrogens is 6. The molecule has 4 heterocycles. The van der Waals surface area contributed by atoms with Crippen LogP contribution in [0.5, 0.6) is 0 Å². The van der Waals surface area contributed by atoms with Crippen LogP contribution >= 0.6 is 0 Å². The maximum atomic E-state index is 4.68. The first-order valence-electron chi connectivity index (χ1n) is 8.91. The van der Waals surface area contributed by atoms with Crippen molar-refractivity contribution in [2.45, 2.75) is 0 Å². The van der Waals surface area contributed by atoms with Crippen LogP contribution in [0.4, 0.5) is 0 Å². The highest BCUT2D eigenvalue weighted by atomic mass is 15.0. The first-order chi connectivity index (χ1) is 13.9. The molecule has 5 rings (SSSR count). The minimum absolute atomic E-state index is 0.748. The number of aromatic amines is 2. The fourth-order valence-electron chi connectivity index (χ4n) is 3.05. The normalized spacial score (nSPS) is 10.9. The van der Waals surface area contributed by atoms with Gasteiger partial charge in [-0.25, -0.2) is 9.97 Å². The third-order valence-electron chi connectivity index (χ3n) is 4.42. The summed E-state index contributed by atoms with van der Waals surface area (Å²) in [4.78, 5) is 24.4. The number of H-pyrrole nitrogens is 2. The van der Waals surface area contributed by atoms with Gasteiger partial charge in [-0.15, -0.1) is 0 Å². The van der Waals surface area contributed by atoms with E-state index in [9.17, 15) is 0 Å². The van der Waals surface area contributed by atoms with Gasteiger partial charge in [0, 0.05) is 35.9 Å². The number of imidazole rings is 2. The van der Waals surface area contributed by atoms with Gasteiger partial charge in [-0.1, -0.05) is 30.3 Å². The van der Waals surface area contributed by atoms with Gasteiger partial charge in [-0.2, -0.15) is 0 Å². The molecule has 0 radical (unpaired) electrons. The van der Waals surface area contributed by atoms with Gasteiger partial charge in [0.2, 0.25) is 0 Å². The first-order valence-corrected chi connectivity index (χ1v) is 8.91. The number of pyridine rings is 2. The van der Waals surface area contributed by atoms with E-state index in [-0.39, 0.29) is 0 Å². The number of nitrogens with one attached hydrogen (secondary N) is 2. The van der Waals surface area contributed by atoms with E-state index in [0.717, 1.165) is 45.6 Å². The number of rotatable bonds is 4. The molecule has 4 aromatic heterocycles. The van der Waals surface area contributed by atoms with Crippen LogP contribution in [0, 0.1) is 0 Å². The Kier molecular flexibility index (Phi) is 3.99. The van der Waals surface area contributed by atoms with Crippen LogP contribution in [-0.2, 0) is 0 Å². The Hall–Kier alpha value is -4.06. The largest absolute Gasteiger partial charge is 0.343 e. The molecule has 0 aliphatic heterocycles. The van der Waals surface area contributed by atoms with Gasteiger partial charge < -0.3 is 9.97 Å². The Morgan fingerprint density at radius 1 is 0.536 bits per heavy atom. The van der Waals surface area contributed by atoms with Crippen LogP contribution in [0.2, 0.25) is 0 Å². The standard InChI is InChI=1S/C22H16N6/c1-3-10-23-17(8-1)21-25-13-19(27-21)15-6-5-7-16(12-15)20-14-26-22(28-20)18-9-2-4-11-24-18/h1-14H,(H,25,27)(H,26,28). The molecule has 28 heavy (non-hydrogen) atoms. The summed E-state index contributed by atoms with van der Waals surface area (Å²) in [6.07, 6.45) is 7.31. The van der Waals surface area contributed by atoms with Gasteiger partial charge in [0.05, 0.1) is 11.4 Å². The fourth-order valence-corrected chi connectivity index (χ4v) is 3.05. The summed E-state index contributed by atoms with van der Waals surface area (Å²) in [5.74, 6) is 1.50. The highest BCUT2D eigenvalue weighted by molar-refractivity contribution is 5.71. The summed E-state index contributed by atoms with van der Waals surface area (Å²) in [6, 6.07) is 19.7. The average molecular weight is 364 g/mol. The van der Waals surface area contributed by atoms with E-state index in [1.807, 2.05) is 67.0 Å². The molecule has 5 aromatic rings.